The van der Waals surface area contributed by atoms with Gasteiger partial charge in [-0.2, -0.15) is 0 Å². The molecular weight excluding hydrogens is 282 g/mol. The van der Waals surface area contributed by atoms with Crippen LogP contribution in [0.25, 0.3) is 0 Å². The highest BCUT2D eigenvalue weighted by atomic mass is 16.4. The van der Waals surface area contributed by atoms with E-state index < -0.39 is 5.97 Å². The largest absolute Gasteiger partial charge is 0.478 e. The summed E-state index contributed by atoms with van der Waals surface area (Å²) in [6.45, 7) is 1.80. The number of carboxylic acids is 1. The van der Waals surface area contributed by atoms with Crippen molar-refractivity contribution >= 4 is 17.7 Å². The molecule has 1 aromatic rings. The van der Waals surface area contributed by atoms with Crippen LogP contribution in [0.1, 0.15) is 36.0 Å². The number of carbonyl (C=O) groups excluding carboxylic acids is 1. The lowest BCUT2D eigenvalue weighted by molar-refractivity contribution is -0.129. The second-order valence-electron chi connectivity index (χ2n) is 5.99. The van der Waals surface area contributed by atoms with Gasteiger partial charge in [0.2, 0.25) is 5.91 Å². The summed E-state index contributed by atoms with van der Waals surface area (Å²) >= 11 is 0. The molecule has 2 rings (SSSR count). The quantitative estimate of drug-likeness (QED) is 0.899. The minimum atomic E-state index is -0.960. The maximum Gasteiger partial charge on any atom is 0.337 e. The molecule has 0 aromatic carbocycles. The number of aromatic nitrogens is 1. The third-order valence-electron chi connectivity index (χ3n) is 4.10. The van der Waals surface area contributed by atoms with Gasteiger partial charge in [0.1, 0.15) is 5.82 Å². The Morgan fingerprint density at radius 2 is 2.18 bits per heavy atom. The number of nitrogens with zero attached hydrogens (tertiary/aromatic N) is 3. The minimum Gasteiger partial charge on any atom is -0.478 e. The molecule has 1 aromatic heterocycles. The predicted molar refractivity (Wildman–Crippen MR) is 84.1 cm³/mol. The maximum atomic E-state index is 11.7. The SMILES string of the molecule is CN(C)C(=O)CCC1CCCN(c2ccc(C(=O)O)cn2)C1. The highest BCUT2D eigenvalue weighted by Crippen LogP contribution is 2.24. The van der Waals surface area contributed by atoms with Gasteiger partial charge in [-0.15, -0.1) is 0 Å². The lowest BCUT2D eigenvalue weighted by Gasteiger charge is -2.33. The molecule has 1 unspecified atom stereocenters. The fourth-order valence-electron chi connectivity index (χ4n) is 2.76. The van der Waals surface area contributed by atoms with Crippen LogP contribution in [-0.2, 0) is 4.79 Å². The van der Waals surface area contributed by atoms with Crippen LogP contribution in [0.5, 0.6) is 0 Å². The second-order valence-corrected chi connectivity index (χ2v) is 5.99. The number of carbonyl (C=O) groups is 2. The number of pyridine rings is 1. The molecule has 0 bridgehead atoms. The average Bonchev–Trinajstić information content (AvgIpc) is 2.52. The lowest BCUT2D eigenvalue weighted by Crippen LogP contribution is -2.36. The summed E-state index contributed by atoms with van der Waals surface area (Å²) in [6, 6.07) is 3.35. The van der Waals surface area contributed by atoms with Gasteiger partial charge in [0.25, 0.3) is 0 Å². The minimum absolute atomic E-state index is 0.168. The highest BCUT2D eigenvalue weighted by Gasteiger charge is 2.22. The van der Waals surface area contributed by atoms with Crippen molar-refractivity contribution in [3.63, 3.8) is 0 Å². The zero-order chi connectivity index (χ0) is 16.1. The molecule has 0 aliphatic carbocycles. The molecule has 0 spiro atoms. The normalized spacial score (nSPS) is 18.1. The third-order valence-corrected chi connectivity index (χ3v) is 4.10. The summed E-state index contributed by atoms with van der Waals surface area (Å²) in [4.78, 5) is 30.6. The number of carboxylic acid groups (broad SMARTS) is 1. The summed E-state index contributed by atoms with van der Waals surface area (Å²) < 4.78 is 0. The smallest absolute Gasteiger partial charge is 0.337 e. The first-order valence-electron chi connectivity index (χ1n) is 7.62. The molecule has 1 aliphatic heterocycles. The van der Waals surface area contributed by atoms with E-state index in [-0.39, 0.29) is 11.5 Å². The molecule has 1 saturated heterocycles. The average molecular weight is 305 g/mol. The molecule has 0 radical (unpaired) electrons. The first-order valence-corrected chi connectivity index (χ1v) is 7.62. The molecule has 2 heterocycles. The van der Waals surface area contributed by atoms with Gasteiger partial charge in [0.05, 0.1) is 5.56 Å². The molecule has 0 saturated carbocycles. The van der Waals surface area contributed by atoms with E-state index >= 15 is 0 Å². The predicted octanol–water partition coefficient (Wildman–Crippen LogP) is 1.86. The Kier molecular flexibility index (Phi) is 5.35. The van der Waals surface area contributed by atoms with Crippen LogP contribution in [0, 0.1) is 5.92 Å². The van der Waals surface area contributed by atoms with E-state index in [1.165, 1.54) is 6.20 Å². The van der Waals surface area contributed by atoms with Crippen LogP contribution in [0.4, 0.5) is 5.82 Å². The van der Waals surface area contributed by atoms with Gasteiger partial charge in [0, 0.05) is 39.8 Å². The summed E-state index contributed by atoms with van der Waals surface area (Å²) in [7, 11) is 3.56. The van der Waals surface area contributed by atoms with Gasteiger partial charge in [-0.25, -0.2) is 9.78 Å². The number of hydrogen-bond donors (Lipinski definition) is 1. The Morgan fingerprint density at radius 1 is 1.41 bits per heavy atom. The van der Waals surface area contributed by atoms with E-state index in [0.29, 0.717) is 12.3 Å². The highest BCUT2D eigenvalue weighted by molar-refractivity contribution is 5.87. The van der Waals surface area contributed by atoms with Crippen molar-refractivity contribution in [3.8, 4) is 0 Å². The van der Waals surface area contributed by atoms with Crippen LogP contribution in [0.15, 0.2) is 18.3 Å². The van der Waals surface area contributed by atoms with Crippen molar-refractivity contribution in [1.29, 1.82) is 0 Å². The molecule has 1 aliphatic rings. The van der Waals surface area contributed by atoms with Crippen molar-refractivity contribution in [2.24, 2.45) is 5.92 Å². The van der Waals surface area contributed by atoms with Gasteiger partial charge >= 0.3 is 5.97 Å². The van der Waals surface area contributed by atoms with Crippen molar-refractivity contribution in [2.75, 3.05) is 32.1 Å². The number of amides is 1. The summed E-state index contributed by atoms with van der Waals surface area (Å²) in [5, 5.41) is 8.91. The molecule has 1 N–H and O–H groups in total. The van der Waals surface area contributed by atoms with Crippen molar-refractivity contribution in [1.82, 2.24) is 9.88 Å². The van der Waals surface area contributed by atoms with Gasteiger partial charge in [0.15, 0.2) is 0 Å². The molecule has 1 amide bonds. The van der Waals surface area contributed by atoms with E-state index in [4.69, 9.17) is 5.11 Å². The number of hydrogen-bond acceptors (Lipinski definition) is 4. The molecule has 120 valence electrons. The molecule has 1 fully saturated rings. The summed E-state index contributed by atoms with van der Waals surface area (Å²) in [6.07, 6.45) is 5.07. The molecule has 6 heteroatoms. The van der Waals surface area contributed by atoms with Gasteiger partial charge in [-0.05, 0) is 37.3 Å². The Balaban J connectivity index is 1.92. The Labute approximate surface area is 130 Å². The third kappa shape index (κ3) is 4.19. The van der Waals surface area contributed by atoms with E-state index in [0.717, 1.165) is 38.2 Å². The van der Waals surface area contributed by atoms with E-state index in [9.17, 15) is 9.59 Å². The summed E-state index contributed by atoms with van der Waals surface area (Å²) in [5.41, 5.74) is 0.203. The number of aromatic carboxylic acids is 1. The van der Waals surface area contributed by atoms with Crippen LogP contribution in [0.2, 0.25) is 0 Å². The van der Waals surface area contributed by atoms with Crippen molar-refractivity contribution in [2.45, 2.75) is 25.7 Å². The zero-order valence-corrected chi connectivity index (χ0v) is 13.2. The van der Waals surface area contributed by atoms with Crippen LogP contribution in [-0.4, -0.2) is 54.1 Å². The van der Waals surface area contributed by atoms with E-state index in [2.05, 4.69) is 9.88 Å². The van der Waals surface area contributed by atoms with E-state index in [1.807, 2.05) is 0 Å². The Hall–Kier alpha value is -2.11. The van der Waals surface area contributed by atoms with Crippen LogP contribution >= 0.6 is 0 Å². The standard InChI is InChI=1S/C16H23N3O3/c1-18(2)15(20)8-5-12-4-3-9-19(11-12)14-7-6-13(10-17-14)16(21)22/h6-7,10,12H,3-5,8-9,11H2,1-2H3,(H,21,22). The fraction of sp³-hybridized carbons (Fsp3) is 0.562. The first-order chi connectivity index (χ1) is 10.5. The Morgan fingerprint density at radius 3 is 2.77 bits per heavy atom. The summed E-state index contributed by atoms with van der Waals surface area (Å²) in [5.74, 6) is 0.506. The van der Waals surface area contributed by atoms with Gasteiger partial charge in [-0.1, -0.05) is 0 Å². The zero-order valence-electron chi connectivity index (χ0n) is 13.2. The molecular formula is C16H23N3O3. The molecule has 6 nitrogen and oxygen atoms in total. The van der Waals surface area contributed by atoms with Gasteiger partial charge < -0.3 is 14.9 Å². The topological polar surface area (TPSA) is 73.7 Å². The maximum absolute atomic E-state index is 11.7. The fourth-order valence-corrected chi connectivity index (χ4v) is 2.76. The van der Waals surface area contributed by atoms with Gasteiger partial charge in [-0.3, -0.25) is 4.79 Å². The first kappa shape index (κ1) is 16.3. The number of piperidine rings is 1. The monoisotopic (exact) mass is 305 g/mol. The molecule has 22 heavy (non-hydrogen) atoms. The van der Waals surface area contributed by atoms with Crippen molar-refractivity contribution < 1.29 is 14.7 Å². The Bertz CT molecular complexity index is 528. The van der Waals surface area contributed by atoms with Crippen molar-refractivity contribution in [3.05, 3.63) is 23.9 Å². The van der Waals surface area contributed by atoms with Crippen LogP contribution < -0.4 is 4.90 Å². The number of anilines is 1. The van der Waals surface area contributed by atoms with Crippen LogP contribution in [0.3, 0.4) is 0 Å². The lowest BCUT2D eigenvalue weighted by atomic mass is 9.93. The second kappa shape index (κ2) is 7.24. The van der Waals surface area contributed by atoms with E-state index in [1.54, 1.807) is 31.1 Å². The number of rotatable bonds is 5. The molecule has 1 atom stereocenters.